The van der Waals surface area contributed by atoms with Gasteiger partial charge in [-0.3, -0.25) is 9.59 Å². The lowest BCUT2D eigenvalue weighted by Gasteiger charge is -2.22. The summed E-state index contributed by atoms with van der Waals surface area (Å²) in [7, 11) is 1.31. The van der Waals surface area contributed by atoms with E-state index in [9.17, 15) is 14.4 Å². The number of nitrogens with one attached hydrogen (secondary N) is 1. The molecule has 1 fully saturated rings. The van der Waals surface area contributed by atoms with Gasteiger partial charge in [-0.05, 0) is 71.2 Å². The molecular weight excluding hydrogens is 424 g/mol. The van der Waals surface area contributed by atoms with E-state index in [0.717, 1.165) is 28.0 Å². The van der Waals surface area contributed by atoms with Gasteiger partial charge in [-0.2, -0.15) is 11.8 Å². The number of hydrogen-bond donors (Lipinski definition) is 1. The largest absolute Gasteiger partial charge is 0.467 e. The van der Waals surface area contributed by atoms with Crippen molar-refractivity contribution in [1.29, 1.82) is 0 Å². The number of benzene rings is 3. The molecule has 1 saturated heterocycles. The second-order valence-corrected chi connectivity index (χ2v) is 8.44. The lowest BCUT2D eigenvalue weighted by atomic mass is 10.0. The van der Waals surface area contributed by atoms with E-state index in [4.69, 9.17) is 4.74 Å². The van der Waals surface area contributed by atoms with Crippen molar-refractivity contribution >= 4 is 51.1 Å². The zero-order valence-corrected chi connectivity index (χ0v) is 19.4. The normalized spacial score (nSPS) is 15.2. The van der Waals surface area contributed by atoms with Crippen LogP contribution < -0.4 is 5.32 Å². The predicted molar refractivity (Wildman–Crippen MR) is 130 cm³/mol. The quantitative estimate of drug-likeness (QED) is 0.481. The summed E-state index contributed by atoms with van der Waals surface area (Å²) in [5.41, 5.74) is 0.492. The zero-order chi connectivity index (χ0) is 23.1. The number of amides is 2. The summed E-state index contributed by atoms with van der Waals surface area (Å²) in [5.74, 6) is -1.01. The van der Waals surface area contributed by atoms with Crippen LogP contribution in [-0.2, 0) is 14.3 Å². The Morgan fingerprint density at radius 1 is 1.00 bits per heavy atom. The Balaban J connectivity index is 0.000000913. The van der Waals surface area contributed by atoms with Gasteiger partial charge in [0, 0.05) is 12.1 Å². The Kier molecular flexibility index (Phi) is 8.11. The summed E-state index contributed by atoms with van der Waals surface area (Å²) >= 11 is 1.75. The second-order valence-electron chi connectivity index (χ2n) is 7.62. The smallest absolute Gasteiger partial charge is 0.328 e. The summed E-state index contributed by atoms with van der Waals surface area (Å²) in [4.78, 5) is 38.3. The van der Waals surface area contributed by atoms with Crippen molar-refractivity contribution in [1.82, 2.24) is 10.2 Å². The molecule has 1 N–H and O–H groups in total. The zero-order valence-electron chi connectivity index (χ0n) is 18.6. The highest BCUT2D eigenvalue weighted by atomic mass is 32.2. The molecule has 1 unspecified atom stereocenters. The van der Waals surface area contributed by atoms with Gasteiger partial charge in [-0.25, -0.2) is 4.79 Å². The van der Waals surface area contributed by atoms with Crippen molar-refractivity contribution in [3.63, 3.8) is 0 Å². The number of rotatable bonds is 4. The van der Waals surface area contributed by atoms with Crippen molar-refractivity contribution in [2.75, 3.05) is 32.7 Å². The number of esters is 1. The van der Waals surface area contributed by atoms with E-state index >= 15 is 0 Å². The molecule has 32 heavy (non-hydrogen) atoms. The average molecular weight is 453 g/mol. The maximum atomic E-state index is 12.6. The monoisotopic (exact) mass is 452 g/mol. The molecule has 3 aromatic carbocycles. The summed E-state index contributed by atoms with van der Waals surface area (Å²) in [6, 6.07) is 17.2. The number of carbonyl (C=O) groups excluding carboxylic acids is 3. The first-order chi connectivity index (χ1) is 15.5. The first-order valence-electron chi connectivity index (χ1n) is 10.5. The molecule has 0 aliphatic carbocycles. The number of carbonyl (C=O) groups is 3. The molecule has 3 aromatic rings. The van der Waals surface area contributed by atoms with Gasteiger partial charge in [-0.1, -0.05) is 30.3 Å². The fourth-order valence-corrected chi connectivity index (χ4v) is 3.89. The number of nitrogens with zero attached hydrogens (tertiary/aromatic N) is 1. The molecule has 1 aliphatic rings. The SMILES string of the molecule is COC(=O)C1CCCN1C(=O)CNC(=O)c1ccc2cc3ccccc3cc2c1.CSC. The third-order valence-electron chi connectivity index (χ3n) is 5.41. The van der Waals surface area contributed by atoms with Gasteiger partial charge in [0.2, 0.25) is 5.91 Å². The van der Waals surface area contributed by atoms with Gasteiger partial charge in [0.15, 0.2) is 0 Å². The molecule has 1 heterocycles. The molecule has 1 atom stereocenters. The Bertz CT molecular complexity index is 1130. The number of likely N-dealkylation sites (tertiary alicyclic amines) is 1. The standard InChI is InChI=1S/C23H22N2O4.C2H6S/c1-29-23(28)20-7-4-10-25(20)21(26)14-24-22(27)18-9-8-17-11-15-5-2-3-6-16(15)12-19(17)13-18;1-3-2/h2-3,5-6,8-9,11-13,20H,4,7,10,14H2,1H3,(H,24,27);1-2H3. The van der Waals surface area contributed by atoms with Crippen molar-refractivity contribution in [3.05, 3.63) is 60.2 Å². The van der Waals surface area contributed by atoms with E-state index in [0.29, 0.717) is 18.5 Å². The molecule has 0 saturated carbocycles. The minimum Gasteiger partial charge on any atom is -0.467 e. The van der Waals surface area contributed by atoms with Crippen LogP contribution in [0.2, 0.25) is 0 Å². The van der Waals surface area contributed by atoms with Crippen LogP contribution in [0.3, 0.4) is 0 Å². The summed E-state index contributed by atoms with van der Waals surface area (Å²) in [5, 5.41) is 6.94. The van der Waals surface area contributed by atoms with Crippen LogP contribution in [0.5, 0.6) is 0 Å². The van der Waals surface area contributed by atoms with Crippen molar-refractivity contribution in [2.24, 2.45) is 0 Å². The van der Waals surface area contributed by atoms with Crippen LogP contribution in [0.1, 0.15) is 23.2 Å². The fraction of sp³-hybridized carbons (Fsp3) is 0.320. The highest BCUT2D eigenvalue weighted by molar-refractivity contribution is 7.97. The molecule has 4 rings (SSSR count). The van der Waals surface area contributed by atoms with Gasteiger partial charge in [0.1, 0.15) is 6.04 Å². The Morgan fingerprint density at radius 3 is 2.28 bits per heavy atom. The number of hydrogen-bond acceptors (Lipinski definition) is 5. The van der Waals surface area contributed by atoms with Crippen molar-refractivity contribution in [3.8, 4) is 0 Å². The Morgan fingerprint density at radius 2 is 1.62 bits per heavy atom. The molecule has 0 aromatic heterocycles. The number of thioether (sulfide) groups is 1. The fourth-order valence-electron chi connectivity index (χ4n) is 3.89. The van der Waals surface area contributed by atoms with Crippen LogP contribution >= 0.6 is 11.8 Å². The average Bonchev–Trinajstić information content (AvgIpc) is 3.30. The third-order valence-corrected chi connectivity index (χ3v) is 5.41. The number of methoxy groups -OCH3 is 1. The molecule has 2 amide bonds. The summed E-state index contributed by atoms with van der Waals surface area (Å²) in [6.07, 6.45) is 5.42. The molecule has 0 spiro atoms. The van der Waals surface area contributed by atoms with Crippen LogP contribution in [0, 0.1) is 0 Å². The molecule has 0 radical (unpaired) electrons. The van der Waals surface area contributed by atoms with Gasteiger partial charge < -0.3 is 15.0 Å². The minimum absolute atomic E-state index is 0.151. The highest BCUT2D eigenvalue weighted by Crippen LogP contribution is 2.24. The van der Waals surface area contributed by atoms with E-state index < -0.39 is 12.0 Å². The third kappa shape index (κ3) is 5.40. The van der Waals surface area contributed by atoms with Gasteiger partial charge in [-0.15, -0.1) is 0 Å². The van der Waals surface area contributed by atoms with Crippen molar-refractivity contribution in [2.45, 2.75) is 18.9 Å². The lowest BCUT2D eigenvalue weighted by Crippen LogP contribution is -2.45. The predicted octanol–water partition coefficient (Wildman–Crippen LogP) is 3.87. The molecule has 1 aliphatic heterocycles. The molecule has 168 valence electrons. The van der Waals surface area contributed by atoms with Crippen molar-refractivity contribution < 1.29 is 19.1 Å². The second kappa shape index (κ2) is 11.0. The minimum atomic E-state index is -0.557. The Hall–Kier alpha value is -3.06. The van der Waals surface area contributed by atoms with Gasteiger partial charge in [0.05, 0.1) is 13.7 Å². The first kappa shape index (κ1) is 23.6. The first-order valence-corrected chi connectivity index (χ1v) is 12.1. The molecular formula is C25H28N2O4S. The lowest BCUT2D eigenvalue weighted by molar-refractivity contribution is -0.150. The van der Waals surface area contributed by atoms with E-state index in [-0.39, 0.29) is 18.4 Å². The van der Waals surface area contributed by atoms with Crippen LogP contribution in [0.15, 0.2) is 54.6 Å². The van der Waals surface area contributed by atoms with Crippen LogP contribution in [0.4, 0.5) is 0 Å². The number of ether oxygens (including phenoxy) is 1. The van der Waals surface area contributed by atoms with Gasteiger partial charge in [0.25, 0.3) is 5.91 Å². The van der Waals surface area contributed by atoms with E-state index in [1.807, 2.05) is 42.8 Å². The van der Waals surface area contributed by atoms with E-state index in [1.165, 1.54) is 12.0 Å². The maximum absolute atomic E-state index is 12.6. The highest BCUT2D eigenvalue weighted by Gasteiger charge is 2.34. The number of fused-ring (bicyclic) bond motifs is 2. The van der Waals surface area contributed by atoms with Crippen LogP contribution in [-0.4, -0.2) is 61.4 Å². The van der Waals surface area contributed by atoms with E-state index in [1.54, 1.807) is 17.8 Å². The molecule has 0 bridgehead atoms. The Labute approximate surface area is 192 Å². The maximum Gasteiger partial charge on any atom is 0.328 e. The summed E-state index contributed by atoms with van der Waals surface area (Å²) in [6.45, 7) is 0.347. The molecule has 6 nitrogen and oxygen atoms in total. The van der Waals surface area contributed by atoms with Gasteiger partial charge >= 0.3 is 5.97 Å². The van der Waals surface area contributed by atoms with Crippen LogP contribution in [0.25, 0.3) is 21.5 Å². The molecule has 7 heteroatoms. The summed E-state index contributed by atoms with van der Waals surface area (Å²) < 4.78 is 4.76. The van der Waals surface area contributed by atoms with E-state index in [2.05, 4.69) is 23.5 Å². The topological polar surface area (TPSA) is 75.7 Å².